The maximum absolute atomic E-state index is 5.58. The van der Waals surface area contributed by atoms with Crippen molar-refractivity contribution in [3.8, 4) is 23.0 Å². The summed E-state index contributed by atoms with van der Waals surface area (Å²) in [4.78, 5) is 4.69. The van der Waals surface area contributed by atoms with Crippen LogP contribution in [0.4, 0.5) is 0 Å². The third-order valence-corrected chi connectivity index (χ3v) is 5.46. The predicted molar refractivity (Wildman–Crippen MR) is 122 cm³/mol. The minimum absolute atomic E-state index is 0.0989. The van der Waals surface area contributed by atoms with Gasteiger partial charge in [-0.2, -0.15) is 0 Å². The second-order valence-electron chi connectivity index (χ2n) is 7.08. The molecule has 0 spiro atoms. The summed E-state index contributed by atoms with van der Waals surface area (Å²) in [5.74, 6) is 2.64. The standard InChI is InChI=1S/C26H25NO4/c1-28-21-12-10-18(15-23(21)30-3)25(19-11-13-22(29-2)24(16-19)31-4)20-9-5-7-17-8-6-14-27-26(17)20/h5-16,25H,1-4H3. The number of pyridine rings is 1. The van der Waals surface area contributed by atoms with E-state index in [9.17, 15) is 0 Å². The summed E-state index contributed by atoms with van der Waals surface area (Å²) in [5, 5.41) is 1.09. The summed E-state index contributed by atoms with van der Waals surface area (Å²) in [7, 11) is 6.56. The summed E-state index contributed by atoms with van der Waals surface area (Å²) in [6.45, 7) is 0. The Hall–Kier alpha value is -3.73. The van der Waals surface area contributed by atoms with Gasteiger partial charge in [0, 0.05) is 17.5 Å². The number of rotatable bonds is 7. The van der Waals surface area contributed by atoms with E-state index in [1.54, 1.807) is 28.4 Å². The van der Waals surface area contributed by atoms with Gasteiger partial charge >= 0.3 is 0 Å². The third-order valence-electron chi connectivity index (χ3n) is 5.46. The lowest BCUT2D eigenvalue weighted by Crippen LogP contribution is -2.06. The molecule has 0 saturated carbocycles. The Morgan fingerprint density at radius 1 is 0.613 bits per heavy atom. The van der Waals surface area contributed by atoms with E-state index in [2.05, 4.69) is 36.4 Å². The molecule has 0 unspecified atom stereocenters. The maximum Gasteiger partial charge on any atom is 0.161 e. The van der Waals surface area contributed by atoms with Gasteiger partial charge in [-0.05, 0) is 47.0 Å². The highest BCUT2D eigenvalue weighted by Gasteiger charge is 2.23. The van der Waals surface area contributed by atoms with Crippen molar-refractivity contribution in [1.82, 2.24) is 4.98 Å². The van der Waals surface area contributed by atoms with Gasteiger partial charge in [0.05, 0.1) is 34.0 Å². The molecule has 0 aliphatic heterocycles. The van der Waals surface area contributed by atoms with E-state index in [0.717, 1.165) is 27.6 Å². The summed E-state index contributed by atoms with van der Waals surface area (Å²) < 4.78 is 22.1. The molecule has 0 atom stereocenters. The summed E-state index contributed by atoms with van der Waals surface area (Å²) in [6, 6.07) is 22.3. The first-order chi connectivity index (χ1) is 15.2. The molecule has 4 rings (SSSR count). The van der Waals surface area contributed by atoms with Gasteiger partial charge in [-0.25, -0.2) is 0 Å². The Kier molecular flexibility index (Phi) is 5.94. The van der Waals surface area contributed by atoms with Crippen molar-refractivity contribution in [3.05, 3.63) is 89.6 Å². The summed E-state index contributed by atoms with van der Waals surface area (Å²) in [6.07, 6.45) is 1.83. The van der Waals surface area contributed by atoms with Crippen LogP contribution in [0.2, 0.25) is 0 Å². The Labute approximate surface area is 182 Å². The molecule has 0 aliphatic rings. The highest BCUT2D eigenvalue weighted by molar-refractivity contribution is 5.83. The minimum Gasteiger partial charge on any atom is -0.493 e. The molecule has 5 heteroatoms. The molecule has 5 nitrogen and oxygen atoms in total. The van der Waals surface area contributed by atoms with E-state index >= 15 is 0 Å². The van der Waals surface area contributed by atoms with Crippen molar-refractivity contribution < 1.29 is 18.9 Å². The number of aromatic nitrogens is 1. The Morgan fingerprint density at radius 3 is 1.71 bits per heavy atom. The highest BCUT2D eigenvalue weighted by atomic mass is 16.5. The molecule has 0 radical (unpaired) electrons. The van der Waals surface area contributed by atoms with E-state index in [1.807, 2.05) is 36.5 Å². The Morgan fingerprint density at radius 2 is 1.16 bits per heavy atom. The largest absolute Gasteiger partial charge is 0.493 e. The van der Waals surface area contributed by atoms with Crippen LogP contribution in [0.1, 0.15) is 22.6 Å². The van der Waals surface area contributed by atoms with E-state index in [1.165, 1.54) is 0 Å². The fraction of sp³-hybridized carbons (Fsp3) is 0.192. The van der Waals surface area contributed by atoms with Crippen LogP contribution < -0.4 is 18.9 Å². The first-order valence-electron chi connectivity index (χ1n) is 9.97. The predicted octanol–water partition coefficient (Wildman–Crippen LogP) is 5.45. The molecule has 0 fully saturated rings. The topological polar surface area (TPSA) is 49.8 Å². The molecule has 0 amide bonds. The molecule has 158 valence electrons. The smallest absolute Gasteiger partial charge is 0.161 e. The Bertz CT molecular complexity index is 1140. The average molecular weight is 415 g/mol. The van der Waals surface area contributed by atoms with Gasteiger partial charge in [0.1, 0.15) is 0 Å². The lowest BCUT2D eigenvalue weighted by Gasteiger charge is -2.22. The van der Waals surface area contributed by atoms with E-state index < -0.39 is 0 Å². The number of nitrogens with zero attached hydrogens (tertiary/aromatic N) is 1. The van der Waals surface area contributed by atoms with Crippen molar-refractivity contribution >= 4 is 10.9 Å². The number of ether oxygens (including phenoxy) is 4. The zero-order valence-corrected chi connectivity index (χ0v) is 18.1. The number of hydrogen-bond acceptors (Lipinski definition) is 5. The van der Waals surface area contributed by atoms with Gasteiger partial charge in [-0.15, -0.1) is 0 Å². The normalized spacial score (nSPS) is 10.9. The second kappa shape index (κ2) is 8.96. The first-order valence-corrected chi connectivity index (χ1v) is 9.97. The molecule has 4 aromatic rings. The second-order valence-corrected chi connectivity index (χ2v) is 7.08. The zero-order valence-electron chi connectivity index (χ0n) is 18.1. The van der Waals surface area contributed by atoms with Gasteiger partial charge < -0.3 is 18.9 Å². The van der Waals surface area contributed by atoms with Crippen LogP contribution in [0.5, 0.6) is 23.0 Å². The van der Waals surface area contributed by atoms with Crippen LogP contribution in [-0.4, -0.2) is 33.4 Å². The molecule has 0 N–H and O–H groups in total. The van der Waals surface area contributed by atoms with Crippen LogP contribution in [0, 0.1) is 0 Å². The van der Waals surface area contributed by atoms with Crippen molar-refractivity contribution in [2.75, 3.05) is 28.4 Å². The quantitative estimate of drug-likeness (QED) is 0.376. The van der Waals surface area contributed by atoms with Gasteiger partial charge in [-0.3, -0.25) is 4.98 Å². The van der Waals surface area contributed by atoms with Crippen LogP contribution in [-0.2, 0) is 0 Å². The lowest BCUT2D eigenvalue weighted by atomic mass is 9.83. The van der Waals surface area contributed by atoms with Crippen molar-refractivity contribution in [2.45, 2.75) is 5.92 Å². The number of fused-ring (bicyclic) bond motifs is 1. The van der Waals surface area contributed by atoms with Crippen LogP contribution in [0.25, 0.3) is 10.9 Å². The summed E-state index contributed by atoms with van der Waals surface area (Å²) in [5.41, 5.74) is 4.17. The van der Waals surface area contributed by atoms with E-state index in [0.29, 0.717) is 23.0 Å². The first kappa shape index (κ1) is 20.5. The molecular formula is C26H25NO4. The molecule has 1 heterocycles. The molecule has 0 saturated heterocycles. The van der Waals surface area contributed by atoms with Crippen molar-refractivity contribution in [3.63, 3.8) is 0 Å². The number of methoxy groups -OCH3 is 4. The zero-order chi connectivity index (χ0) is 21.8. The monoisotopic (exact) mass is 415 g/mol. The lowest BCUT2D eigenvalue weighted by molar-refractivity contribution is 0.354. The van der Waals surface area contributed by atoms with Crippen LogP contribution in [0.3, 0.4) is 0 Å². The SMILES string of the molecule is COc1ccc(C(c2ccc(OC)c(OC)c2)c2cccc3cccnc23)cc1OC. The van der Waals surface area contributed by atoms with Crippen LogP contribution in [0.15, 0.2) is 72.9 Å². The fourth-order valence-corrected chi connectivity index (χ4v) is 3.98. The highest BCUT2D eigenvalue weighted by Crippen LogP contribution is 2.41. The van der Waals surface area contributed by atoms with Gasteiger partial charge in [0.15, 0.2) is 23.0 Å². The van der Waals surface area contributed by atoms with Gasteiger partial charge in [0.2, 0.25) is 0 Å². The van der Waals surface area contributed by atoms with Gasteiger partial charge in [-0.1, -0.05) is 36.4 Å². The molecular weight excluding hydrogens is 390 g/mol. The molecule has 31 heavy (non-hydrogen) atoms. The molecule has 3 aromatic carbocycles. The number of hydrogen-bond donors (Lipinski definition) is 0. The molecule has 0 aliphatic carbocycles. The third kappa shape index (κ3) is 3.87. The average Bonchev–Trinajstić information content (AvgIpc) is 2.84. The number of benzene rings is 3. The maximum atomic E-state index is 5.58. The van der Waals surface area contributed by atoms with Gasteiger partial charge in [0.25, 0.3) is 0 Å². The van der Waals surface area contributed by atoms with Crippen molar-refractivity contribution in [1.29, 1.82) is 0 Å². The summed E-state index contributed by atoms with van der Waals surface area (Å²) >= 11 is 0. The minimum atomic E-state index is -0.0989. The molecule has 1 aromatic heterocycles. The fourth-order valence-electron chi connectivity index (χ4n) is 3.98. The molecule has 0 bridgehead atoms. The number of para-hydroxylation sites is 1. The van der Waals surface area contributed by atoms with E-state index in [4.69, 9.17) is 23.9 Å². The van der Waals surface area contributed by atoms with Crippen LogP contribution >= 0.6 is 0 Å². The van der Waals surface area contributed by atoms with E-state index in [-0.39, 0.29) is 5.92 Å². The van der Waals surface area contributed by atoms with Crippen molar-refractivity contribution in [2.24, 2.45) is 0 Å². The Balaban J connectivity index is 1.98.